The largest absolute Gasteiger partial charge is 0.349 e. The summed E-state index contributed by atoms with van der Waals surface area (Å²) in [5, 5.41) is 1.08. The molecule has 3 aromatic rings. The Morgan fingerprint density at radius 1 is 1.19 bits per heavy atom. The lowest BCUT2D eigenvalue weighted by Crippen LogP contribution is -2.45. The third-order valence-electron chi connectivity index (χ3n) is 5.78. The number of fused-ring (bicyclic) bond motifs is 2. The number of sulfonamides is 1. The molecule has 9 heteroatoms. The molecule has 1 saturated heterocycles. The fraction of sp³-hybridized carbons (Fsp3) is 0.318. The molecule has 2 aliphatic heterocycles. The van der Waals surface area contributed by atoms with Crippen molar-refractivity contribution in [3.63, 3.8) is 0 Å². The van der Waals surface area contributed by atoms with Crippen molar-refractivity contribution in [2.45, 2.75) is 23.7 Å². The van der Waals surface area contributed by atoms with Crippen LogP contribution in [0.3, 0.4) is 0 Å². The molecule has 0 bridgehead atoms. The van der Waals surface area contributed by atoms with E-state index in [-0.39, 0.29) is 23.3 Å². The fourth-order valence-electron chi connectivity index (χ4n) is 4.21. The van der Waals surface area contributed by atoms with Gasteiger partial charge in [-0.2, -0.15) is 8.42 Å². The number of hydrogen-bond acceptors (Lipinski definition) is 6. The van der Waals surface area contributed by atoms with Gasteiger partial charge in [0, 0.05) is 31.6 Å². The summed E-state index contributed by atoms with van der Waals surface area (Å²) in [6, 6.07) is 14.8. The molecule has 5 rings (SSSR count). The van der Waals surface area contributed by atoms with Gasteiger partial charge in [0.15, 0.2) is 5.84 Å². The van der Waals surface area contributed by atoms with Crippen LogP contribution in [0, 0.1) is 0 Å². The minimum Gasteiger partial charge on any atom is -0.349 e. The topological polar surface area (TPSA) is 82.9 Å². The van der Waals surface area contributed by atoms with Crippen molar-refractivity contribution >= 4 is 43.3 Å². The summed E-state index contributed by atoms with van der Waals surface area (Å²) in [5.74, 6) is 0.520. The van der Waals surface area contributed by atoms with Gasteiger partial charge >= 0.3 is 0 Å². The summed E-state index contributed by atoms with van der Waals surface area (Å²) in [6.45, 7) is 1.42. The first kappa shape index (κ1) is 20.1. The van der Waals surface area contributed by atoms with Gasteiger partial charge < -0.3 is 9.80 Å². The summed E-state index contributed by atoms with van der Waals surface area (Å²) in [5.41, 5.74) is 1.55. The van der Waals surface area contributed by atoms with Gasteiger partial charge in [0.25, 0.3) is 10.0 Å². The normalized spacial score (nSPS) is 19.8. The Morgan fingerprint density at radius 2 is 1.97 bits per heavy atom. The van der Waals surface area contributed by atoms with Crippen molar-refractivity contribution in [3.05, 3.63) is 59.1 Å². The highest BCUT2D eigenvalue weighted by atomic mass is 32.2. The molecule has 0 spiro atoms. The molecule has 1 aromatic heterocycles. The Hall–Kier alpha value is -2.78. The monoisotopic (exact) mass is 454 g/mol. The molecule has 1 fully saturated rings. The van der Waals surface area contributed by atoms with E-state index in [1.54, 1.807) is 47.5 Å². The van der Waals surface area contributed by atoms with E-state index in [2.05, 4.69) is 10.5 Å². The number of thiazole rings is 1. The van der Waals surface area contributed by atoms with Gasteiger partial charge in [-0.05, 0) is 37.1 Å². The number of benzene rings is 2. The highest BCUT2D eigenvalue weighted by Gasteiger charge is 2.32. The molecule has 0 N–H and O–H groups in total. The quantitative estimate of drug-likeness (QED) is 0.607. The van der Waals surface area contributed by atoms with Crippen LogP contribution in [0.25, 0.3) is 10.2 Å². The number of carbonyl (C=O) groups is 1. The van der Waals surface area contributed by atoms with Crippen molar-refractivity contribution in [1.82, 2.24) is 14.8 Å². The minimum absolute atomic E-state index is 0.0298. The molecular formula is C22H22N4O3S2. The van der Waals surface area contributed by atoms with Gasteiger partial charge in [-0.25, -0.2) is 4.98 Å². The van der Waals surface area contributed by atoms with Crippen molar-refractivity contribution in [1.29, 1.82) is 0 Å². The maximum atomic E-state index is 13.1. The fourth-order valence-corrected chi connectivity index (χ4v) is 6.56. The molecule has 0 saturated carbocycles. The lowest BCUT2D eigenvalue weighted by Gasteiger charge is -2.33. The first-order chi connectivity index (χ1) is 14.9. The maximum Gasteiger partial charge on any atom is 0.285 e. The van der Waals surface area contributed by atoms with Crippen molar-refractivity contribution < 1.29 is 13.2 Å². The standard InChI is InChI=1S/C22H22N4O3S2/c1-25(21-16-8-2-5-11-19(16)31(28,29)24-21)14-20(27)26-12-6-7-15(13-26)22-23-17-9-3-4-10-18(17)30-22/h2-5,8-11,15H,6-7,12-14H2,1H3/t15-/m1/s1. The van der Waals surface area contributed by atoms with Gasteiger partial charge in [-0.1, -0.05) is 24.3 Å². The number of amidine groups is 1. The number of nitrogens with zero attached hydrogens (tertiary/aromatic N) is 4. The Bertz CT molecular complexity index is 1270. The van der Waals surface area contributed by atoms with Gasteiger partial charge in [-0.3, -0.25) is 4.79 Å². The zero-order valence-electron chi connectivity index (χ0n) is 17.1. The van der Waals surface area contributed by atoms with Crippen LogP contribution in [0.15, 0.2) is 57.8 Å². The third kappa shape index (κ3) is 3.72. The predicted molar refractivity (Wildman–Crippen MR) is 121 cm³/mol. The molecule has 3 heterocycles. The molecule has 2 aliphatic rings. The van der Waals surface area contributed by atoms with Crippen LogP contribution in [-0.2, 0) is 14.8 Å². The van der Waals surface area contributed by atoms with Crippen molar-refractivity contribution in [3.8, 4) is 0 Å². The van der Waals surface area contributed by atoms with E-state index in [4.69, 9.17) is 4.98 Å². The van der Waals surface area contributed by atoms with Crippen LogP contribution in [0.5, 0.6) is 0 Å². The summed E-state index contributed by atoms with van der Waals surface area (Å²) in [7, 11) is -1.99. The predicted octanol–water partition coefficient (Wildman–Crippen LogP) is 3.08. The molecular weight excluding hydrogens is 432 g/mol. The van der Waals surface area contributed by atoms with Crippen LogP contribution in [-0.4, -0.2) is 61.6 Å². The number of hydrogen-bond donors (Lipinski definition) is 0. The van der Waals surface area contributed by atoms with Gasteiger partial charge in [0.1, 0.15) is 4.90 Å². The van der Waals surface area contributed by atoms with E-state index in [0.717, 1.165) is 23.4 Å². The lowest BCUT2D eigenvalue weighted by atomic mass is 9.98. The summed E-state index contributed by atoms with van der Waals surface area (Å²) < 4.78 is 29.7. The van der Waals surface area contributed by atoms with Crippen molar-refractivity contribution in [2.24, 2.45) is 4.40 Å². The summed E-state index contributed by atoms with van der Waals surface area (Å²) in [4.78, 5) is 21.5. The molecule has 7 nitrogen and oxygen atoms in total. The molecule has 0 radical (unpaired) electrons. The van der Waals surface area contributed by atoms with E-state index < -0.39 is 10.0 Å². The highest BCUT2D eigenvalue weighted by molar-refractivity contribution is 7.90. The Morgan fingerprint density at radius 3 is 2.81 bits per heavy atom. The molecule has 2 aromatic carbocycles. The second-order valence-electron chi connectivity index (χ2n) is 7.94. The molecule has 1 amide bonds. The first-order valence-corrected chi connectivity index (χ1v) is 12.5. The number of rotatable bonds is 3. The smallest absolute Gasteiger partial charge is 0.285 e. The van der Waals surface area contributed by atoms with Gasteiger partial charge in [0.2, 0.25) is 5.91 Å². The molecule has 0 aliphatic carbocycles. The molecule has 160 valence electrons. The van der Waals surface area contributed by atoms with E-state index in [9.17, 15) is 13.2 Å². The number of likely N-dealkylation sites (N-methyl/N-ethyl adjacent to an activating group) is 1. The van der Waals surface area contributed by atoms with Crippen LogP contribution < -0.4 is 0 Å². The SMILES string of the molecule is CN(CC(=O)N1CCC[C@@H](c2nc3ccccc3s2)C1)C1=NS(=O)(=O)c2ccccc21. The number of para-hydroxylation sites is 1. The van der Waals surface area contributed by atoms with Crippen LogP contribution in [0.4, 0.5) is 0 Å². The van der Waals surface area contributed by atoms with E-state index in [0.29, 0.717) is 24.5 Å². The number of piperidine rings is 1. The zero-order valence-corrected chi connectivity index (χ0v) is 18.7. The molecule has 0 unspecified atom stereocenters. The van der Waals surface area contributed by atoms with E-state index >= 15 is 0 Å². The highest BCUT2D eigenvalue weighted by Crippen LogP contribution is 2.33. The summed E-state index contributed by atoms with van der Waals surface area (Å²) >= 11 is 1.70. The second kappa shape index (κ2) is 7.72. The van der Waals surface area contributed by atoms with Crippen molar-refractivity contribution in [2.75, 3.05) is 26.7 Å². The number of carbonyl (C=O) groups excluding carboxylic acids is 1. The molecule has 31 heavy (non-hydrogen) atoms. The third-order valence-corrected chi connectivity index (χ3v) is 8.30. The number of likely N-dealkylation sites (tertiary alicyclic amines) is 1. The average molecular weight is 455 g/mol. The first-order valence-electron chi connectivity index (χ1n) is 10.2. The zero-order chi connectivity index (χ0) is 21.6. The van der Waals surface area contributed by atoms with Crippen LogP contribution in [0.1, 0.15) is 29.3 Å². The van der Waals surface area contributed by atoms with Crippen LogP contribution >= 0.6 is 11.3 Å². The lowest BCUT2D eigenvalue weighted by molar-refractivity contribution is -0.132. The number of amides is 1. The second-order valence-corrected chi connectivity index (χ2v) is 10.6. The Kier molecular flexibility index (Phi) is 5.02. The van der Waals surface area contributed by atoms with E-state index in [1.165, 1.54) is 4.70 Å². The van der Waals surface area contributed by atoms with Crippen LogP contribution in [0.2, 0.25) is 0 Å². The molecule has 1 atom stereocenters. The Balaban J connectivity index is 1.30. The van der Waals surface area contributed by atoms with E-state index in [1.807, 2.05) is 23.1 Å². The van der Waals surface area contributed by atoms with Gasteiger partial charge in [-0.15, -0.1) is 15.7 Å². The maximum absolute atomic E-state index is 13.1. The number of aromatic nitrogens is 1. The van der Waals surface area contributed by atoms with Gasteiger partial charge in [0.05, 0.1) is 21.8 Å². The minimum atomic E-state index is -3.70. The average Bonchev–Trinajstić information content (AvgIpc) is 3.33. The summed E-state index contributed by atoms with van der Waals surface area (Å²) in [6.07, 6.45) is 1.94. The Labute approximate surface area is 185 Å².